The van der Waals surface area contributed by atoms with E-state index in [1.807, 2.05) is 32.9 Å². The number of hydrogen-bond acceptors (Lipinski definition) is 6. The largest absolute Gasteiger partial charge is 0.497 e. The molecule has 156 valence electrons. The van der Waals surface area contributed by atoms with Crippen molar-refractivity contribution in [3.05, 3.63) is 29.3 Å². The maximum atomic E-state index is 12.4. The molecule has 1 aliphatic heterocycles. The van der Waals surface area contributed by atoms with Crippen LogP contribution in [-0.4, -0.2) is 15.5 Å². The Balaban J connectivity index is 2.22. The van der Waals surface area contributed by atoms with E-state index >= 15 is 0 Å². The third kappa shape index (κ3) is 3.22. The fourth-order valence-corrected chi connectivity index (χ4v) is 5.14. The van der Waals surface area contributed by atoms with Gasteiger partial charge in [-0.05, 0) is 23.0 Å². The summed E-state index contributed by atoms with van der Waals surface area (Å²) in [6, 6.07) is 5.56. The predicted molar refractivity (Wildman–Crippen MR) is 115 cm³/mol. The van der Waals surface area contributed by atoms with E-state index in [2.05, 4.69) is 20.8 Å². The Bertz CT molecular complexity index is 1190. The molecule has 1 aliphatic rings. The Hall–Kier alpha value is -2.06. The monoisotopic (exact) mass is 436 g/mol. The lowest BCUT2D eigenvalue weighted by molar-refractivity contribution is 0.413. The highest BCUT2D eigenvalue weighted by Crippen LogP contribution is 2.50. The lowest BCUT2D eigenvalue weighted by Gasteiger charge is -2.22. The summed E-state index contributed by atoms with van der Waals surface area (Å²) in [4.78, 5) is 0. The van der Waals surface area contributed by atoms with Crippen LogP contribution in [0.2, 0.25) is 0 Å². The molecule has 0 saturated heterocycles. The van der Waals surface area contributed by atoms with Gasteiger partial charge < -0.3 is 17.5 Å². The first kappa shape index (κ1) is 20.2. The van der Waals surface area contributed by atoms with Gasteiger partial charge in [0.2, 0.25) is 0 Å². The van der Waals surface area contributed by atoms with Crippen LogP contribution < -0.4 is 13.1 Å². The molecule has 8 heteroatoms. The van der Waals surface area contributed by atoms with Crippen molar-refractivity contribution in [2.45, 2.75) is 52.4 Å². The third-order valence-electron chi connectivity index (χ3n) is 4.97. The van der Waals surface area contributed by atoms with Crippen LogP contribution in [0.15, 0.2) is 22.6 Å². The second-order valence-electron chi connectivity index (χ2n) is 9.18. The second-order valence-corrected chi connectivity index (χ2v) is 12.0. The van der Waals surface area contributed by atoms with Gasteiger partial charge in [0.15, 0.2) is 11.5 Å². The predicted octanol–water partition coefficient (Wildman–Crippen LogP) is 5.20. The zero-order valence-corrected chi connectivity index (χ0v) is 19.1. The minimum atomic E-state index is -2.15. The SMILES string of the molecule is COc1cc(C(C)(C)C)c2oc3cc4c(C(C)(C)C)c(c3c2c1)OS(=O)S(=O)O4. The van der Waals surface area contributed by atoms with Gasteiger partial charge in [-0.2, -0.15) is 8.42 Å². The number of ether oxygens (including phenoxy) is 1. The first-order chi connectivity index (χ1) is 13.4. The molecule has 29 heavy (non-hydrogen) atoms. The molecule has 0 fully saturated rings. The Morgan fingerprint density at radius 2 is 1.55 bits per heavy atom. The zero-order valence-electron chi connectivity index (χ0n) is 17.5. The van der Waals surface area contributed by atoms with E-state index in [1.54, 1.807) is 13.2 Å². The maximum Gasteiger partial charge on any atom is 0.341 e. The van der Waals surface area contributed by atoms with Gasteiger partial charge in [-0.1, -0.05) is 41.5 Å². The smallest absolute Gasteiger partial charge is 0.341 e. The molecule has 0 radical (unpaired) electrons. The van der Waals surface area contributed by atoms with E-state index in [9.17, 15) is 8.42 Å². The van der Waals surface area contributed by atoms with Gasteiger partial charge >= 0.3 is 20.2 Å². The molecule has 2 bridgehead atoms. The fourth-order valence-electron chi connectivity index (χ4n) is 3.69. The molecule has 0 amide bonds. The van der Waals surface area contributed by atoms with E-state index in [0.717, 1.165) is 10.9 Å². The van der Waals surface area contributed by atoms with Crippen LogP contribution in [-0.2, 0) is 31.1 Å². The van der Waals surface area contributed by atoms with E-state index in [0.29, 0.717) is 39.4 Å². The van der Waals surface area contributed by atoms with Crippen molar-refractivity contribution < 1.29 is 25.9 Å². The zero-order chi connectivity index (χ0) is 21.3. The third-order valence-corrected chi connectivity index (χ3v) is 6.88. The summed E-state index contributed by atoms with van der Waals surface area (Å²) in [5.74, 6) is 1.42. The fraction of sp³-hybridized carbons (Fsp3) is 0.429. The number of hydrogen-bond donors (Lipinski definition) is 0. The van der Waals surface area contributed by atoms with Crippen molar-refractivity contribution in [3.8, 4) is 17.2 Å². The highest BCUT2D eigenvalue weighted by Gasteiger charge is 2.36. The Kier molecular flexibility index (Phi) is 4.51. The number of furan rings is 1. The van der Waals surface area contributed by atoms with Crippen molar-refractivity contribution in [1.82, 2.24) is 0 Å². The average molecular weight is 437 g/mol. The van der Waals surface area contributed by atoms with Crippen molar-refractivity contribution in [3.63, 3.8) is 0 Å². The van der Waals surface area contributed by atoms with E-state index < -0.39 is 25.6 Å². The number of benzene rings is 2. The number of rotatable bonds is 1. The molecule has 3 aromatic rings. The summed E-state index contributed by atoms with van der Waals surface area (Å²) in [7, 11) is -2.66. The molecule has 2 heterocycles. The summed E-state index contributed by atoms with van der Waals surface area (Å²) in [6.45, 7) is 12.3. The van der Waals surface area contributed by atoms with E-state index in [-0.39, 0.29) is 5.41 Å². The number of methoxy groups -OCH3 is 1. The summed E-state index contributed by atoms with van der Waals surface area (Å²) in [5.41, 5.74) is 2.31. The highest BCUT2D eigenvalue weighted by atomic mass is 33.2. The van der Waals surface area contributed by atoms with Gasteiger partial charge in [0.1, 0.15) is 16.9 Å². The average Bonchev–Trinajstić information content (AvgIpc) is 2.91. The van der Waals surface area contributed by atoms with Crippen molar-refractivity contribution in [1.29, 1.82) is 0 Å². The van der Waals surface area contributed by atoms with Crippen molar-refractivity contribution in [2.75, 3.05) is 7.11 Å². The normalized spacial score (nSPS) is 19.7. The second kappa shape index (κ2) is 6.47. The van der Waals surface area contributed by atoms with Crippen molar-refractivity contribution in [2.24, 2.45) is 0 Å². The van der Waals surface area contributed by atoms with Crippen LogP contribution in [0, 0.1) is 0 Å². The van der Waals surface area contributed by atoms with Gasteiger partial charge in [-0.15, -0.1) is 0 Å². The molecular formula is C21H24O6S2. The molecule has 0 aliphatic carbocycles. The number of fused-ring (bicyclic) bond motifs is 6. The maximum absolute atomic E-state index is 12.4. The Morgan fingerprint density at radius 3 is 2.14 bits per heavy atom. The molecule has 0 saturated carbocycles. The van der Waals surface area contributed by atoms with Crippen LogP contribution in [0.4, 0.5) is 0 Å². The molecule has 0 spiro atoms. The van der Waals surface area contributed by atoms with Crippen LogP contribution >= 0.6 is 0 Å². The van der Waals surface area contributed by atoms with E-state index in [4.69, 9.17) is 17.5 Å². The van der Waals surface area contributed by atoms with Crippen LogP contribution in [0.25, 0.3) is 21.9 Å². The Labute approximate surface area is 174 Å². The molecule has 6 nitrogen and oxygen atoms in total. The highest BCUT2D eigenvalue weighted by molar-refractivity contribution is 8.57. The summed E-state index contributed by atoms with van der Waals surface area (Å²) < 4.78 is 47.6. The lowest BCUT2D eigenvalue weighted by Crippen LogP contribution is -2.13. The summed E-state index contributed by atoms with van der Waals surface area (Å²) >= 11 is 0. The van der Waals surface area contributed by atoms with Gasteiger partial charge in [0.05, 0.1) is 12.5 Å². The first-order valence-corrected chi connectivity index (χ1v) is 11.9. The standard InChI is InChI=1S/C21H24O6S2/c1-20(2,3)13-9-11(24-7)8-12-16-14(25-18(12)13)10-15-17(21(4,5)6)19(16)27-29(23)28(22)26-15/h8-10H,1-7H3. The van der Waals surface area contributed by atoms with Crippen LogP contribution in [0.3, 0.4) is 0 Å². The molecular weight excluding hydrogens is 412 g/mol. The van der Waals surface area contributed by atoms with Crippen LogP contribution in [0.1, 0.15) is 52.7 Å². The van der Waals surface area contributed by atoms with Crippen LogP contribution in [0.5, 0.6) is 17.2 Å². The molecule has 2 aromatic carbocycles. The minimum absolute atomic E-state index is 0.199. The molecule has 4 rings (SSSR count). The quantitative estimate of drug-likeness (QED) is 0.488. The minimum Gasteiger partial charge on any atom is -0.497 e. The molecule has 2 unspecified atom stereocenters. The topological polar surface area (TPSA) is 75.0 Å². The van der Waals surface area contributed by atoms with Crippen molar-refractivity contribution >= 4 is 42.2 Å². The summed E-state index contributed by atoms with van der Waals surface area (Å²) in [5, 5.41) is 1.47. The Morgan fingerprint density at radius 1 is 0.897 bits per heavy atom. The molecule has 2 atom stereocenters. The molecule has 0 N–H and O–H groups in total. The van der Waals surface area contributed by atoms with Gasteiger partial charge in [0.25, 0.3) is 0 Å². The van der Waals surface area contributed by atoms with Gasteiger partial charge in [-0.25, -0.2) is 0 Å². The van der Waals surface area contributed by atoms with E-state index in [1.165, 1.54) is 0 Å². The van der Waals surface area contributed by atoms with Gasteiger partial charge in [-0.3, -0.25) is 0 Å². The summed E-state index contributed by atoms with van der Waals surface area (Å²) in [6.07, 6.45) is 0. The van der Waals surface area contributed by atoms with Gasteiger partial charge in [0, 0.05) is 22.6 Å². The lowest BCUT2D eigenvalue weighted by atomic mass is 9.83. The molecule has 1 aromatic heterocycles. The first-order valence-electron chi connectivity index (χ1n) is 9.24.